The van der Waals surface area contributed by atoms with Gasteiger partial charge in [0.2, 0.25) is 4.96 Å². The Morgan fingerprint density at radius 1 is 1.24 bits per heavy atom. The number of benzene rings is 1. The summed E-state index contributed by atoms with van der Waals surface area (Å²) in [6.45, 7) is 0.677. The smallest absolute Gasteiger partial charge is 0.234 e. The normalized spacial score (nSPS) is 11.1. The molecule has 0 saturated heterocycles. The third-order valence-corrected chi connectivity index (χ3v) is 3.48. The molecule has 3 rings (SSSR count). The van der Waals surface area contributed by atoms with Crippen LogP contribution in [0.1, 0.15) is 5.56 Å². The summed E-state index contributed by atoms with van der Waals surface area (Å²) in [5, 5.41) is 13.1. The van der Waals surface area contributed by atoms with Gasteiger partial charge in [-0.1, -0.05) is 35.6 Å². The van der Waals surface area contributed by atoms with Crippen LogP contribution in [0, 0.1) is 0 Å². The Morgan fingerprint density at radius 2 is 2.06 bits per heavy atom. The molecule has 0 aliphatic rings. The number of nitrogens with zero attached hydrogens (tertiary/aromatic N) is 4. The maximum atomic E-state index is 5.52. The van der Waals surface area contributed by atoms with Crippen LogP contribution in [-0.4, -0.2) is 26.4 Å². The minimum absolute atomic E-state index is 0.677. The van der Waals surface area contributed by atoms with E-state index in [1.54, 1.807) is 10.8 Å². The van der Waals surface area contributed by atoms with Crippen LogP contribution >= 0.6 is 11.3 Å². The summed E-state index contributed by atoms with van der Waals surface area (Å²) in [5.74, 6) is 0. The Morgan fingerprint density at radius 3 is 2.76 bits per heavy atom. The number of nitrogens with two attached hydrogens (primary N) is 1. The van der Waals surface area contributed by atoms with E-state index in [0.29, 0.717) is 6.54 Å². The fourth-order valence-corrected chi connectivity index (χ4v) is 2.48. The van der Waals surface area contributed by atoms with E-state index in [0.717, 1.165) is 22.0 Å². The highest BCUT2D eigenvalue weighted by molar-refractivity contribution is 7.19. The van der Waals surface area contributed by atoms with Crippen molar-refractivity contribution in [3.8, 4) is 10.6 Å². The van der Waals surface area contributed by atoms with Crippen molar-refractivity contribution in [3.63, 3.8) is 0 Å². The molecule has 17 heavy (non-hydrogen) atoms. The second kappa shape index (κ2) is 4.23. The van der Waals surface area contributed by atoms with E-state index in [-0.39, 0.29) is 0 Å². The van der Waals surface area contributed by atoms with Gasteiger partial charge in [0.15, 0.2) is 0 Å². The number of hydrogen-bond acceptors (Lipinski definition) is 5. The van der Waals surface area contributed by atoms with Crippen molar-refractivity contribution in [2.75, 3.05) is 6.54 Å². The van der Waals surface area contributed by atoms with Crippen molar-refractivity contribution in [2.24, 2.45) is 5.73 Å². The molecule has 5 nitrogen and oxygen atoms in total. The van der Waals surface area contributed by atoms with Crippen LogP contribution in [0.2, 0.25) is 0 Å². The average Bonchev–Trinajstić information content (AvgIpc) is 2.90. The Kier molecular flexibility index (Phi) is 2.58. The molecule has 2 N–H and O–H groups in total. The van der Waals surface area contributed by atoms with E-state index >= 15 is 0 Å². The molecule has 3 aromatic rings. The van der Waals surface area contributed by atoms with Gasteiger partial charge in [-0.05, 0) is 18.5 Å². The standard InChI is InChI=1S/C11H11N5S/c12-6-5-8-1-3-9(4-2-8)10-15-16-7-13-14-11(16)17-10/h1-4,7H,5-6,12H2. The summed E-state index contributed by atoms with van der Waals surface area (Å²) in [5.41, 5.74) is 7.87. The predicted molar refractivity (Wildman–Crippen MR) is 66.9 cm³/mol. The predicted octanol–water partition coefficient (Wildman–Crippen LogP) is 1.35. The molecule has 1 aromatic carbocycles. The quantitative estimate of drug-likeness (QED) is 0.756. The third-order valence-electron chi connectivity index (χ3n) is 2.52. The van der Waals surface area contributed by atoms with E-state index in [1.807, 2.05) is 0 Å². The largest absolute Gasteiger partial charge is 0.330 e. The molecule has 0 aliphatic heterocycles. The van der Waals surface area contributed by atoms with Gasteiger partial charge < -0.3 is 5.73 Å². The van der Waals surface area contributed by atoms with E-state index in [9.17, 15) is 0 Å². The first-order valence-corrected chi connectivity index (χ1v) is 6.15. The lowest BCUT2D eigenvalue weighted by Gasteiger charge is -1.99. The van der Waals surface area contributed by atoms with Gasteiger partial charge in [0.1, 0.15) is 11.3 Å². The van der Waals surface area contributed by atoms with Crippen LogP contribution in [0.4, 0.5) is 0 Å². The van der Waals surface area contributed by atoms with E-state index in [4.69, 9.17) is 5.73 Å². The van der Waals surface area contributed by atoms with E-state index in [2.05, 4.69) is 39.6 Å². The highest BCUT2D eigenvalue weighted by Crippen LogP contribution is 2.24. The highest BCUT2D eigenvalue weighted by atomic mass is 32.1. The molecule has 0 atom stereocenters. The Labute approximate surface area is 102 Å². The molecular formula is C11H11N5S. The minimum Gasteiger partial charge on any atom is -0.330 e. The molecule has 0 saturated carbocycles. The third kappa shape index (κ3) is 1.92. The second-order valence-electron chi connectivity index (χ2n) is 3.70. The minimum atomic E-state index is 0.677. The van der Waals surface area contributed by atoms with Crippen molar-refractivity contribution >= 4 is 16.3 Å². The summed E-state index contributed by atoms with van der Waals surface area (Å²) >= 11 is 1.53. The topological polar surface area (TPSA) is 69.1 Å². The van der Waals surface area contributed by atoms with Gasteiger partial charge in [0.25, 0.3) is 0 Å². The Hall–Kier alpha value is -1.79. The summed E-state index contributed by atoms with van der Waals surface area (Å²) in [7, 11) is 0. The van der Waals surface area contributed by atoms with Gasteiger partial charge in [-0.15, -0.1) is 10.2 Å². The number of rotatable bonds is 3. The van der Waals surface area contributed by atoms with Crippen molar-refractivity contribution in [3.05, 3.63) is 36.2 Å². The van der Waals surface area contributed by atoms with Gasteiger partial charge >= 0.3 is 0 Å². The van der Waals surface area contributed by atoms with Crippen molar-refractivity contribution in [1.82, 2.24) is 19.8 Å². The number of hydrogen-bond donors (Lipinski definition) is 1. The molecular weight excluding hydrogens is 234 g/mol. The lowest BCUT2D eigenvalue weighted by molar-refractivity contribution is 0.957. The van der Waals surface area contributed by atoms with Crippen LogP contribution < -0.4 is 5.73 Å². The summed E-state index contributed by atoms with van der Waals surface area (Å²) in [6, 6.07) is 8.31. The van der Waals surface area contributed by atoms with Crippen LogP contribution in [-0.2, 0) is 6.42 Å². The van der Waals surface area contributed by atoms with Crippen LogP contribution in [0.3, 0.4) is 0 Å². The molecule has 86 valence electrons. The Bertz CT molecular complexity index is 596. The first kappa shape index (κ1) is 10.4. The van der Waals surface area contributed by atoms with Crippen LogP contribution in [0.25, 0.3) is 15.5 Å². The summed E-state index contributed by atoms with van der Waals surface area (Å²) in [4.78, 5) is 0.811. The SMILES string of the molecule is NCCc1ccc(-c2nn3cnnc3s2)cc1. The van der Waals surface area contributed by atoms with Crippen molar-refractivity contribution in [2.45, 2.75) is 6.42 Å². The zero-order chi connectivity index (χ0) is 11.7. The molecule has 6 heteroatoms. The van der Waals surface area contributed by atoms with Gasteiger partial charge in [-0.25, -0.2) is 0 Å². The maximum absolute atomic E-state index is 5.52. The van der Waals surface area contributed by atoms with Gasteiger partial charge in [-0.2, -0.15) is 9.61 Å². The summed E-state index contributed by atoms with van der Waals surface area (Å²) < 4.78 is 1.69. The first-order valence-electron chi connectivity index (χ1n) is 5.33. The highest BCUT2D eigenvalue weighted by Gasteiger charge is 2.07. The maximum Gasteiger partial charge on any atom is 0.234 e. The fourth-order valence-electron chi connectivity index (χ4n) is 1.66. The lowest BCUT2D eigenvalue weighted by Crippen LogP contribution is -2.02. The molecule has 0 unspecified atom stereocenters. The molecule has 0 radical (unpaired) electrons. The average molecular weight is 245 g/mol. The molecule has 2 aromatic heterocycles. The van der Waals surface area contributed by atoms with Gasteiger partial charge in [0.05, 0.1) is 0 Å². The second-order valence-corrected chi connectivity index (χ2v) is 4.66. The van der Waals surface area contributed by atoms with E-state index < -0.39 is 0 Å². The number of fused-ring (bicyclic) bond motifs is 1. The fraction of sp³-hybridized carbons (Fsp3) is 0.182. The zero-order valence-corrected chi connectivity index (χ0v) is 9.89. The van der Waals surface area contributed by atoms with E-state index in [1.165, 1.54) is 16.9 Å². The molecule has 0 bridgehead atoms. The molecule has 0 aliphatic carbocycles. The molecule has 0 spiro atoms. The summed E-state index contributed by atoms with van der Waals surface area (Å²) in [6.07, 6.45) is 2.52. The molecule has 2 heterocycles. The molecule has 0 amide bonds. The first-order chi connectivity index (χ1) is 8.36. The van der Waals surface area contributed by atoms with Crippen LogP contribution in [0.15, 0.2) is 30.6 Å². The van der Waals surface area contributed by atoms with Crippen LogP contribution in [0.5, 0.6) is 0 Å². The van der Waals surface area contributed by atoms with Crippen molar-refractivity contribution in [1.29, 1.82) is 0 Å². The monoisotopic (exact) mass is 245 g/mol. The van der Waals surface area contributed by atoms with Crippen molar-refractivity contribution < 1.29 is 0 Å². The Balaban J connectivity index is 1.95. The number of aromatic nitrogens is 4. The van der Waals surface area contributed by atoms with Gasteiger partial charge in [0, 0.05) is 5.56 Å². The lowest BCUT2D eigenvalue weighted by atomic mass is 10.1. The molecule has 0 fully saturated rings. The van der Waals surface area contributed by atoms with Gasteiger partial charge in [-0.3, -0.25) is 0 Å². The zero-order valence-electron chi connectivity index (χ0n) is 9.08.